The van der Waals surface area contributed by atoms with E-state index in [1.807, 2.05) is 61.5 Å². The van der Waals surface area contributed by atoms with Crippen molar-refractivity contribution in [2.24, 2.45) is 0 Å². The molecule has 0 bridgehead atoms. The number of amides is 1. The lowest BCUT2D eigenvalue weighted by molar-refractivity contribution is -0.142. The SMILES string of the molecule is CCOC(=O)CN(C(=O)CSc1ccccc1C)c1ccccc1. The number of anilines is 1. The largest absolute Gasteiger partial charge is 0.465 e. The van der Waals surface area contributed by atoms with Crippen LogP contribution in [0, 0.1) is 6.92 Å². The lowest BCUT2D eigenvalue weighted by atomic mass is 10.2. The highest BCUT2D eigenvalue weighted by Crippen LogP contribution is 2.23. The first-order valence-corrected chi connectivity index (χ1v) is 8.80. The zero-order chi connectivity index (χ0) is 17.4. The Morgan fingerprint density at radius 2 is 1.71 bits per heavy atom. The summed E-state index contributed by atoms with van der Waals surface area (Å²) in [7, 11) is 0. The summed E-state index contributed by atoms with van der Waals surface area (Å²) in [5, 5.41) is 0. The van der Waals surface area contributed by atoms with Crippen molar-refractivity contribution in [2.75, 3.05) is 23.8 Å². The summed E-state index contributed by atoms with van der Waals surface area (Å²) >= 11 is 1.48. The van der Waals surface area contributed by atoms with E-state index in [1.165, 1.54) is 16.7 Å². The molecule has 0 aliphatic heterocycles. The van der Waals surface area contributed by atoms with Crippen LogP contribution in [0.3, 0.4) is 0 Å². The number of para-hydroxylation sites is 1. The zero-order valence-electron chi connectivity index (χ0n) is 13.9. The van der Waals surface area contributed by atoms with E-state index in [0.29, 0.717) is 12.3 Å². The summed E-state index contributed by atoms with van der Waals surface area (Å²) in [4.78, 5) is 27.0. The molecule has 4 nitrogen and oxygen atoms in total. The lowest BCUT2D eigenvalue weighted by Crippen LogP contribution is -2.37. The Bertz CT molecular complexity index is 688. The Balaban J connectivity index is 2.09. The third-order valence-electron chi connectivity index (χ3n) is 3.41. The van der Waals surface area contributed by atoms with E-state index < -0.39 is 5.97 Å². The number of ether oxygens (including phenoxy) is 1. The van der Waals surface area contributed by atoms with Gasteiger partial charge in [0.2, 0.25) is 5.91 Å². The van der Waals surface area contributed by atoms with Crippen molar-refractivity contribution in [3.8, 4) is 0 Å². The van der Waals surface area contributed by atoms with Crippen LogP contribution in [0.4, 0.5) is 5.69 Å². The molecule has 0 atom stereocenters. The van der Waals surface area contributed by atoms with Gasteiger partial charge in [0.15, 0.2) is 0 Å². The van der Waals surface area contributed by atoms with Gasteiger partial charge in [-0.15, -0.1) is 11.8 Å². The molecule has 0 saturated carbocycles. The van der Waals surface area contributed by atoms with Crippen molar-refractivity contribution in [1.29, 1.82) is 0 Å². The molecule has 2 aromatic rings. The van der Waals surface area contributed by atoms with E-state index in [9.17, 15) is 9.59 Å². The molecule has 2 aromatic carbocycles. The fraction of sp³-hybridized carbons (Fsp3) is 0.263. The maximum atomic E-state index is 12.7. The second-order valence-corrected chi connectivity index (χ2v) is 6.19. The third-order valence-corrected chi connectivity index (χ3v) is 4.57. The topological polar surface area (TPSA) is 46.6 Å². The number of hydrogen-bond donors (Lipinski definition) is 0. The third kappa shape index (κ3) is 5.13. The predicted molar refractivity (Wildman–Crippen MR) is 97.3 cm³/mol. The summed E-state index contributed by atoms with van der Waals surface area (Å²) in [5.74, 6) is -0.266. The van der Waals surface area contributed by atoms with Crippen LogP contribution in [0.15, 0.2) is 59.5 Å². The highest BCUT2D eigenvalue weighted by Gasteiger charge is 2.20. The first kappa shape index (κ1) is 18.1. The molecule has 0 saturated heterocycles. The smallest absolute Gasteiger partial charge is 0.326 e. The molecule has 126 valence electrons. The van der Waals surface area contributed by atoms with Crippen LogP contribution < -0.4 is 4.90 Å². The van der Waals surface area contributed by atoms with E-state index in [-0.39, 0.29) is 18.2 Å². The van der Waals surface area contributed by atoms with Crippen LogP contribution in [-0.4, -0.2) is 30.8 Å². The van der Waals surface area contributed by atoms with Crippen molar-refractivity contribution in [3.05, 3.63) is 60.2 Å². The number of carbonyl (C=O) groups is 2. The van der Waals surface area contributed by atoms with Crippen molar-refractivity contribution in [3.63, 3.8) is 0 Å². The number of carbonyl (C=O) groups excluding carboxylic acids is 2. The Morgan fingerprint density at radius 1 is 1.04 bits per heavy atom. The van der Waals surface area contributed by atoms with Gasteiger partial charge in [0.05, 0.1) is 12.4 Å². The fourth-order valence-corrected chi connectivity index (χ4v) is 3.11. The number of aryl methyl sites for hydroxylation is 1. The van der Waals surface area contributed by atoms with Crippen LogP contribution in [0.5, 0.6) is 0 Å². The van der Waals surface area contributed by atoms with Crippen LogP contribution in [0.2, 0.25) is 0 Å². The fourth-order valence-electron chi connectivity index (χ4n) is 2.20. The van der Waals surface area contributed by atoms with Gasteiger partial charge in [-0.05, 0) is 37.6 Å². The van der Waals surface area contributed by atoms with Crippen LogP contribution in [0.25, 0.3) is 0 Å². The molecule has 0 heterocycles. The molecule has 0 unspecified atom stereocenters. The van der Waals surface area contributed by atoms with Crippen molar-refractivity contribution in [2.45, 2.75) is 18.7 Å². The Kier molecular flexibility index (Phi) is 6.88. The van der Waals surface area contributed by atoms with Gasteiger partial charge >= 0.3 is 5.97 Å². The van der Waals surface area contributed by atoms with E-state index in [4.69, 9.17) is 4.74 Å². The average Bonchev–Trinajstić information content (AvgIpc) is 2.60. The van der Waals surface area contributed by atoms with Crippen LogP contribution in [0.1, 0.15) is 12.5 Å². The number of thioether (sulfide) groups is 1. The van der Waals surface area contributed by atoms with Crippen LogP contribution in [-0.2, 0) is 14.3 Å². The molecule has 1 amide bonds. The molecular formula is C19H21NO3S. The van der Waals surface area contributed by atoms with Gasteiger partial charge < -0.3 is 9.64 Å². The van der Waals surface area contributed by atoms with Gasteiger partial charge in [0.1, 0.15) is 6.54 Å². The first-order chi connectivity index (χ1) is 11.6. The quantitative estimate of drug-likeness (QED) is 0.568. The number of rotatable bonds is 7. The van der Waals surface area contributed by atoms with Crippen molar-refractivity contribution in [1.82, 2.24) is 0 Å². The highest BCUT2D eigenvalue weighted by molar-refractivity contribution is 8.00. The van der Waals surface area contributed by atoms with Gasteiger partial charge in [-0.3, -0.25) is 9.59 Å². The van der Waals surface area contributed by atoms with Crippen molar-refractivity contribution >= 4 is 29.3 Å². The van der Waals surface area contributed by atoms with Gasteiger partial charge in [0, 0.05) is 10.6 Å². The lowest BCUT2D eigenvalue weighted by Gasteiger charge is -2.22. The second-order valence-electron chi connectivity index (χ2n) is 5.17. The molecule has 0 aliphatic rings. The molecule has 0 radical (unpaired) electrons. The highest BCUT2D eigenvalue weighted by atomic mass is 32.2. The molecule has 24 heavy (non-hydrogen) atoms. The second kappa shape index (κ2) is 9.13. The van der Waals surface area contributed by atoms with Gasteiger partial charge in [-0.1, -0.05) is 36.4 Å². The number of benzene rings is 2. The molecule has 0 fully saturated rings. The minimum absolute atomic E-state index is 0.0784. The zero-order valence-corrected chi connectivity index (χ0v) is 14.7. The molecular weight excluding hydrogens is 322 g/mol. The summed E-state index contributed by atoms with van der Waals surface area (Å²) < 4.78 is 4.99. The van der Waals surface area contributed by atoms with Crippen LogP contribution >= 0.6 is 11.8 Å². The summed E-state index contributed by atoms with van der Waals surface area (Å²) in [6.07, 6.45) is 0. The molecule has 0 aromatic heterocycles. The minimum atomic E-state index is -0.407. The van der Waals surface area contributed by atoms with Gasteiger partial charge in [-0.2, -0.15) is 0 Å². The molecule has 0 N–H and O–H groups in total. The summed E-state index contributed by atoms with van der Waals surface area (Å²) in [6, 6.07) is 17.1. The van der Waals surface area contributed by atoms with E-state index in [1.54, 1.807) is 6.92 Å². The number of hydrogen-bond acceptors (Lipinski definition) is 4. The van der Waals surface area contributed by atoms with E-state index >= 15 is 0 Å². The summed E-state index contributed by atoms with van der Waals surface area (Å²) in [6.45, 7) is 3.99. The number of esters is 1. The molecule has 2 rings (SSSR count). The van der Waals surface area contributed by atoms with Gasteiger partial charge in [0.25, 0.3) is 0 Å². The summed E-state index contributed by atoms with van der Waals surface area (Å²) in [5.41, 5.74) is 1.83. The van der Waals surface area contributed by atoms with E-state index in [0.717, 1.165) is 10.5 Å². The Hall–Kier alpha value is -2.27. The monoisotopic (exact) mass is 343 g/mol. The molecule has 0 spiro atoms. The Morgan fingerprint density at radius 3 is 2.38 bits per heavy atom. The molecule has 5 heteroatoms. The standard InChI is InChI=1S/C19H21NO3S/c1-3-23-19(22)13-20(16-10-5-4-6-11-16)18(21)14-24-17-12-8-7-9-15(17)2/h4-12H,3,13-14H2,1-2H3. The average molecular weight is 343 g/mol. The normalized spacial score (nSPS) is 10.2. The minimum Gasteiger partial charge on any atom is -0.465 e. The van der Waals surface area contributed by atoms with E-state index in [2.05, 4.69) is 0 Å². The Labute approximate surface area is 146 Å². The van der Waals surface area contributed by atoms with Gasteiger partial charge in [-0.25, -0.2) is 0 Å². The maximum absolute atomic E-state index is 12.7. The maximum Gasteiger partial charge on any atom is 0.326 e. The first-order valence-electron chi connectivity index (χ1n) is 7.81. The number of nitrogens with zero attached hydrogens (tertiary/aromatic N) is 1. The van der Waals surface area contributed by atoms with Crippen molar-refractivity contribution < 1.29 is 14.3 Å². The molecule has 0 aliphatic carbocycles. The predicted octanol–water partition coefficient (Wildman–Crippen LogP) is 3.68.